The third-order valence-corrected chi connectivity index (χ3v) is 6.85. The van der Waals surface area contributed by atoms with E-state index in [1.807, 2.05) is 49.4 Å². The predicted octanol–water partition coefficient (Wildman–Crippen LogP) is 5.20. The zero-order valence-corrected chi connectivity index (χ0v) is 17.6. The van der Waals surface area contributed by atoms with Crippen molar-refractivity contribution in [1.29, 1.82) is 0 Å². The van der Waals surface area contributed by atoms with Gasteiger partial charge in [0.15, 0.2) is 5.78 Å². The maximum Gasteiger partial charge on any atom is 0.241 e. The molecule has 1 unspecified atom stereocenters. The van der Waals surface area contributed by atoms with Crippen molar-refractivity contribution in [2.45, 2.75) is 12.2 Å². The molecule has 4 rings (SSSR count). The number of ketones is 1. The Bertz CT molecular complexity index is 1030. The minimum atomic E-state index is -0.205. The molecule has 1 aliphatic heterocycles. The summed E-state index contributed by atoms with van der Waals surface area (Å²) in [7, 11) is 0. The second-order valence-electron chi connectivity index (χ2n) is 6.12. The van der Waals surface area contributed by atoms with Crippen molar-refractivity contribution < 1.29 is 9.59 Å². The molecule has 2 heterocycles. The van der Waals surface area contributed by atoms with Crippen molar-refractivity contribution >= 4 is 67.0 Å². The highest BCUT2D eigenvalue weighted by atomic mass is 79.9. The summed E-state index contributed by atoms with van der Waals surface area (Å²) in [5, 5.41) is 1.40. The predicted molar refractivity (Wildman–Crippen MR) is 115 cm³/mol. The molecule has 7 heteroatoms. The summed E-state index contributed by atoms with van der Waals surface area (Å²) in [6, 6.07) is 15.1. The van der Waals surface area contributed by atoms with Crippen LogP contribution in [0, 0.1) is 0 Å². The number of hydrogen-bond donors (Lipinski definition) is 0. The van der Waals surface area contributed by atoms with Crippen molar-refractivity contribution in [3.63, 3.8) is 0 Å². The molecule has 2 aromatic carbocycles. The number of carbonyl (C=O) groups is 2. The van der Waals surface area contributed by atoms with Gasteiger partial charge in [-0.05, 0) is 31.2 Å². The Hall–Kier alpha value is -1.96. The van der Waals surface area contributed by atoms with Gasteiger partial charge < -0.3 is 0 Å². The lowest BCUT2D eigenvalue weighted by molar-refractivity contribution is -0.126. The molecule has 0 bridgehead atoms. The summed E-state index contributed by atoms with van der Waals surface area (Å²) in [6.07, 6.45) is 1.91. The number of hydrogen-bond acceptors (Lipinski definition) is 5. The van der Waals surface area contributed by atoms with E-state index in [1.165, 1.54) is 11.8 Å². The molecule has 3 aromatic rings. The smallest absolute Gasteiger partial charge is 0.241 e. The quantitative estimate of drug-likeness (QED) is 0.503. The molecule has 1 atom stereocenters. The Balaban J connectivity index is 1.61. The summed E-state index contributed by atoms with van der Waals surface area (Å²) in [6.45, 7) is 1.90. The first-order valence-corrected chi connectivity index (χ1v) is 10.8. The number of thiazole rings is 1. The fraction of sp³-hybridized carbons (Fsp3) is 0.150. The van der Waals surface area contributed by atoms with E-state index in [0.29, 0.717) is 5.56 Å². The van der Waals surface area contributed by atoms with Crippen LogP contribution in [0.3, 0.4) is 0 Å². The lowest BCUT2D eigenvalue weighted by atomic mass is 10.1. The maximum absolute atomic E-state index is 12.6. The van der Waals surface area contributed by atoms with Gasteiger partial charge in [0.05, 0.1) is 27.0 Å². The first-order chi connectivity index (χ1) is 13.0. The number of thioether (sulfide) groups is 1. The van der Waals surface area contributed by atoms with Gasteiger partial charge in [0, 0.05) is 16.1 Å². The van der Waals surface area contributed by atoms with Crippen LogP contribution in [0.15, 0.2) is 58.0 Å². The van der Waals surface area contributed by atoms with Crippen LogP contribution in [-0.2, 0) is 4.79 Å². The summed E-state index contributed by atoms with van der Waals surface area (Å²) in [5.41, 5.74) is 1.53. The van der Waals surface area contributed by atoms with Gasteiger partial charge in [0.2, 0.25) is 5.91 Å². The molecule has 1 aromatic heterocycles. The van der Waals surface area contributed by atoms with Crippen LogP contribution in [0.4, 0.5) is 0 Å². The summed E-state index contributed by atoms with van der Waals surface area (Å²) >= 11 is 6.41. The number of Topliss-reactive ketones (excluding diaryl/α,β-unsaturated/α-hetero) is 1. The second kappa shape index (κ2) is 7.58. The number of para-hydroxylation sites is 1. The largest absolute Gasteiger partial charge is 0.298 e. The number of carbonyl (C=O) groups excluding carboxylic acids is 2. The molecule has 1 saturated heterocycles. The monoisotopic (exact) mass is 458 g/mol. The zero-order valence-electron chi connectivity index (χ0n) is 14.4. The van der Waals surface area contributed by atoms with Crippen LogP contribution in [0.5, 0.6) is 0 Å². The SMILES string of the molecule is CC1S/C(=C/c2nc3ccccc3s2)N(CC(=O)c2ccc(Br)cc2)C1=O. The Morgan fingerprint density at radius 3 is 2.70 bits per heavy atom. The highest BCUT2D eigenvalue weighted by Gasteiger charge is 2.35. The van der Waals surface area contributed by atoms with Crippen molar-refractivity contribution in [1.82, 2.24) is 9.88 Å². The molecule has 1 fully saturated rings. The van der Waals surface area contributed by atoms with Crippen LogP contribution < -0.4 is 0 Å². The first kappa shape index (κ1) is 18.4. The minimum Gasteiger partial charge on any atom is -0.298 e. The number of aromatic nitrogens is 1. The van der Waals surface area contributed by atoms with Crippen LogP contribution in [0.25, 0.3) is 16.3 Å². The average Bonchev–Trinajstić information content (AvgIpc) is 3.18. The van der Waals surface area contributed by atoms with E-state index < -0.39 is 0 Å². The van der Waals surface area contributed by atoms with E-state index in [0.717, 1.165) is 24.7 Å². The van der Waals surface area contributed by atoms with Gasteiger partial charge in [0.1, 0.15) is 5.01 Å². The normalized spacial score (nSPS) is 18.6. The van der Waals surface area contributed by atoms with Crippen LogP contribution >= 0.6 is 39.0 Å². The first-order valence-electron chi connectivity index (χ1n) is 8.35. The Morgan fingerprint density at radius 2 is 1.96 bits per heavy atom. The molecule has 1 amide bonds. The van der Waals surface area contributed by atoms with Crippen molar-refractivity contribution in [2.75, 3.05) is 6.54 Å². The van der Waals surface area contributed by atoms with E-state index in [-0.39, 0.29) is 23.5 Å². The zero-order chi connectivity index (χ0) is 19.0. The number of amides is 1. The number of fused-ring (bicyclic) bond motifs is 1. The molecule has 4 nitrogen and oxygen atoms in total. The Labute approximate surface area is 173 Å². The summed E-state index contributed by atoms with van der Waals surface area (Å²) in [5.74, 6) is -0.126. The fourth-order valence-corrected chi connectivity index (χ4v) is 5.11. The Morgan fingerprint density at radius 1 is 1.22 bits per heavy atom. The van der Waals surface area contributed by atoms with Gasteiger partial charge in [-0.15, -0.1) is 11.3 Å². The molecular weight excluding hydrogens is 444 g/mol. The van der Waals surface area contributed by atoms with E-state index in [2.05, 4.69) is 20.9 Å². The maximum atomic E-state index is 12.6. The molecule has 1 aliphatic rings. The van der Waals surface area contributed by atoms with E-state index in [4.69, 9.17) is 0 Å². The van der Waals surface area contributed by atoms with Crippen LogP contribution in [-0.4, -0.2) is 33.4 Å². The number of nitrogens with zero attached hydrogens (tertiary/aromatic N) is 2. The topological polar surface area (TPSA) is 50.3 Å². The molecule has 0 spiro atoms. The van der Waals surface area contributed by atoms with E-state index >= 15 is 0 Å². The molecule has 0 saturated carbocycles. The third-order valence-electron chi connectivity index (χ3n) is 4.20. The molecule has 0 aliphatic carbocycles. The van der Waals surface area contributed by atoms with Crippen molar-refractivity contribution in [2.24, 2.45) is 0 Å². The molecule has 136 valence electrons. The van der Waals surface area contributed by atoms with Crippen LogP contribution in [0.2, 0.25) is 0 Å². The molecular formula is C20H15BrN2O2S2. The highest BCUT2D eigenvalue weighted by molar-refractivity contribution is 9.10. The summed E-state index contributed by atoms with van der Waals surface area (Å²) < 4.78 is 2.01. The fourth-order valence-electron chi connectivity index (χ4n) is 2.82. The lowest BCUT2D eigenvalue weighted by Crippen LogP contribution is -2.32. The summed E-state index contributed by atoms with van der Waals surface area (Å²) in [4.78, 5) is 31.4. The van der Waals surface area contributed by atoms with Gasteiger partial charge in [-0.25, -0.2) is 4.98 Å². The minimum absolute atomic E-state index is 0.0362. The molecule has 27 heavy (non-hydrogen) atoms. The van der Waals surface area contributed by atoms with Crippen LogP contribution in [0.1, 0.15) is 22.3 Å². The molecule has 0 radical (unpaired) electrons. The van der Waals surface area contributed by atoms with E-state index in [1.54, 1.807) is 28.4 Å². The third kappa shape index (κ3) is 3.85. The average molecular weight is 459 g/mol. The molecule has 0 N–H and O–H groups in total. The second-order valence-corrected chi connectivity index (χ2v) is 9.46. The van der Waals surface area contributed by atoms with Gasteiger partial charge in [0.25, 0.3) is 0 Å². The van der Waals surface area contributed by atoms with Gasteiger partial charge >= 0.3 is 0 Å². The van der Waals surface area contributed by atoms with Gasteiger partial charge in [-0.3, -0.25) is 14.5 Å². The number of halogens is 1. The number of rotatable bonds is 4. The van der Waals surface area contributed by atoms with Gasteiger partial charge in [-0.2, -0.15) is 0 Å². The van der Waals surface area contributed by atoms with Gasteiger partial charge in [-0.1, -0.05) is 52.0 Å². The highest BCUT2D eigenvalue weighted by Crippen LogP contribution is 2.37. The number of benzene rings is 2. The standard InChI is InChI=1S/C20H15BrN2O2S2/c1-12-20(25)23(11-16(24)13-6-8-14(21)9-7-13)19(26-12)10-18-22-15-4-2-3-5-17(15)27-18/h2-10,12H,11H2,1H3/b19-10+. The van der Waals surface area contributed by atoms with Crippen molar-refractivity contribution in [3.05, 3.63) is 68.6 Å². The lowest BCUT2D eigenvalue weighted by Gasteiger charge is -2.16. The van der Waals surface area contributed by atoms with E-state index in [9.17, 15) is 9.59 Å². The van der Waals surface area contributed by atoms with Crippen molar-refractivity contribution in [3.8, 4) is 0 Å². The Kier molecular flexibility index (Phi) is 5.16.